The highest BCUT2D eigenvalue weighted by molar-refractivity contribution is 6.08. The lowest BCUT2D eigenvalue weighted by atomic mass is 10.0. The summed E-state index contributed by atoms with van der Waals surface area (Å²) in [5.41, 5.74) is 6.06. The van der Waals surface area contributed by atoms with Gasteiger partial charge in [-0.1, -0.05) is 72.8 Å². The number of aromatic nitrogens is 1. The van der Waals surface area contributed by atoms with E-state index in [2.05, 4.69) is 90.5 Å². The molecule has 0 amide bonds. The van der Waals surface area contributed by atoms with Crippen LogP contribution < -0.4 is 4.90 Å². The summed E-state index contributed by atoms with van der Waals surface area (Å²) < 4.78 is 13.1. The van der Waals surface area contributed by atoms with Gasteiger partial charge in [-0.3, -0.25) is 0 Å². The molecule has 5 aromatic rings. The van der Waals surface area contributed by atoms with Crippen molar-refractivity contribution in [1.82, 2.24) is 4.98 Å². The summed E-state index contributed by atoms with van der Waals surface area (Å²) >= 11 is 0. The average Bonchev–Trinajstić information content (AvgIpc) is 3.38. The Kier molecular flexibility index (Phi) is 4.47. The number of benzene rings is 3. The first-order valence-corrected chi connectivity index (χ1v) is 11.0. The largest absolute Gasteiger partial charge is 0.436 e. The van der Waals surface area contributed by atoms with E-state index in [1.165, 1.54) is 5.56 Å². The van der Waals surface area contributed by atoms with Gasteiger partial charge in [0.2, 0.25) is 5.71 Å². The Hall–Kier alpha value is -3.63. The molecular weight excluding hydrogens is 396 g/mol. The number of furan rings is 1. The van der Waals surface area contributed by atoms with Gasteiger partial charge in [-0.05, 0) is 37.1 Å². The summed E-state index contributed by atoms with van der Waals surface area (Å²) in [6.07, 6.45) is 1.50. The molecule has 3 heterocycles. The van der Waals surface area contributed by atoms with Crippen molar-refractivity contribution in [3.63, 3.8) is 0 Å². The van der Waals surface area contributed by atoms with E-state index in [0.29, 0.717) is 5.71 Å². The number of hydrogen-bond acceptors (Lipinski definition) is 4. The molecule has 1 saturated heterocycles. The molecule has 0 N–H and O–H groups in total. The maximum Gasteiger partial charge on any atom is 0.227 e. The lowest BCUT2D eigenvalue weighted by molar-refractivity contribution is 0.0417. The van der Waals surface area contributed by atoms with Gasteiger partial charge in [0.15, 0.2) is 11.8 Å². The lowest BCUT2D eigenvalue weighted by Gasteiger charge is -2.30. The quantitative estimate of drug-likeness (QED) is 0.316. The standard InChI is InChI=1S/C28H24N2O2/c1-18-15-16-22-23-14-9-17-29-27(23)31-26(22)24(18)30-19(2)25(20-10-5-3-6-11-20)32-28(30)21-12-7-4-8-13-21/h3-17,19,25,28H,1-2H3/t19-,25?,28?/m0/s1. The van der Waals surface area contributed by atoms with E-state index < -0.39 is 0 Å². The Morgan fingerprint density at radius 1 is 0.781 bits per heavy atom. The molecule has 3 aromatic carbocycles. The van der Waals surface area contributed by atoms with E-state index in [4.69, 9.17) is 9.15 Å². The fourth-order valence-corrected chi connectivity index (χ4v) is 4.93. The number of ether oxygens (including phenoxy) is 1. The molecule has 2 unspecified atom stereocenters. The second-order valence-corrected chi connectivity index (χ2v) is 8.44. The van der Waals surface area contributed by atoms with Crippen molar-refractivity contribution in [2.24, 2.45) is 0 Å². The van der Waals surface area contributed by atoms with Crippen LogP contribution in [0.4, 0.5) is 5.69 Å². The molecule has 6 rings (SSSR count). The average molecular weight is 421 g/mol. The Bertz CT molecular complexity index is 1390. The molecular formula is C28H24N2O2. The van der Waals surface area contributed by atoms with Gasteiger partial charge in [0, 0.05) is 22.5 Å². The third-order valence-corrected chi connectivity index (χ3v) is 6.47. The van der Waals surface area contributed by atoms with Crippen LogP contribution in [0.3, 0.4) is 0 Å². The number of pyridine rings is 1. The van der Waals surface area contributed by atoms with Crippen molar-refractivity contribution >= 4 is 27.8 Å². The predicted octanol–water partition coefficient (Wildman–Crippen LogP) is 6.95. The van der Waals surface area contributed by atoms with Gasteiger partial charge in [-0.2, -0.15) is 0 Å². The van der Waals surface area contributed by atoms with Gasteiger partial charge in [-0.25, -0.2) is 4.98 Å². The number of hydrogen-bond donors (Lipinski definition) is 0. The normalized spacial score (nSPS) is 20.9. The molecule has 4 nitrogen and oxygen atoms in total. The third-order valence-electron chi connectivity index (χ3n) is 6.47. The lowest BCUT2D eigenvalue weighted by Crippen LogP contribution is -2.32. The van der Waals surface area contributed by atoms with Crippen molar-refractivity contribution in [2.45, 2.75) is 32.2 Å². The highest BCUT2D eigenvalue weighted by Gasteiger charge is 2.42. The summed E-state index contributed by atoms with van der Waals surface area (Å²) in [6.45, 7) is 4.37. The van der Waals surface area contributed by atoms with Crippen LogP contribution in [0.25, 0.3) is 22.1 Å². The van der Waals surface area contributed by atoms with Gasteiger partial charge in [-0.15, -0.1) is 0 Å². The van der Waals surface area contributed by atoms with E-state index in [1.807, 2.05) is 18.2 Å². The van der Waals surface area contributed by atoms with E-state index in [0.717, 1.165) is 33.2 Å². The maximum atomic E-state index is 6.76. The van der Waals surface area contributed by atoms with Crippen LogP contribution in [0, 0.1) is 6.92 Å². The molecule has 4 heteroatoms. The van der Waals surface area contributed by atoms with E-state index in [-0.39, 0.29) is 18.4 Å². The highest BCUT2D eigenvalue weighted by Crippen LogP contribution is 2.48. The number of fused-ring (bicyclic) bond motifs is 3. The molecule has 0 spiro atoms. The van der Waals surface area contributed by atoms with Gasteiger partial charge in [0.05, 0.1) is 11.7 Å². The first-order valence-electron chi connectivity index (χ1n) is 11.0. The smallest absolute Gasteiger partial charge is 0.227 e. The van der Waals surface area contributed by atoms with Crippen LogP contribution in [0.1, 0.15) is 35.9 Å². The molecule has 1 aliphatic rings. The van der Waals surface area contributed by atoms with Crippen LogP contribution in [-0.4, -0.2) is 11.0 Å². The molecule has 2 aromatic heterocycles. The molecule has 1 aliphatic heterocycles. The summed E-state index contributed by atoms with van der Waals surface area (Å²) in [5.74, 6) is 0. The zero-order valence-electron chi connectivity index (χ0n) is 18.1. The van der Waals surface area contributed by atoms with E-state index in [9.17, 15) is 0 Å². The molecule has 0 bridgehead atoms. The first kappa shape index (κ1) is 19.1. The second-order valence-electron chi connectivity index (χ2n) is 8.44. The topological polar surface area (TPSA) is 38.5 Å². The van der Waals surface area contributed by atoms with Gasteiger partial charge in [0.25, 0.3) is 0 Å². The Balaban J connectivity index is 1.58. The van der Waals surface area contributed by atoms with Crippen molar-refractivity contribution in [2.75, 3.05) is 4.90 Å². The Labute approximate surface area is 187 Å². The summed E-state index contributed by atoms with van der Waals surface area (Å²) in [6, 6.07) is 29.3. The minimum Gasteiger partial charge on any atom is -0.436 e. The molecule has 158 valence electrons. The second kappa shape index (κ2) is 7.50. The predicted molar refractivity (Wildman–Crippen MR) is 128 cm³/mol. The minimum atomic E-state index is -0.220. The Morgan fingerprint density at radius 3 is 2.25 bits per heavy atom. The highest BCUT2D eigenvalue weighted by atomic mass is 16.5. The Morgan fingerprint density at radius 2 is 1.50 bits per heavy atom. The summed E-state index contributed by atoms with van der Waals surface area (Å²) in [5, 5.41) is 2.11. The van der Waals surface area contributed by atoms with Crippen LogP contribution in [-0.2, 0) is 4.74 Å². The van der Waals surface area contributed by atoms with E-state index in [1.54, 1.807) is 6.20 Å². The molecule has 0 radical (unpaired) electrons. The zero-order chi connectivity index (χ0) is 21.7. The van der Waals surface area contributed by atoms with Crippen molar-refractivity contribution in [3.8, 4) is 0 Å². The SMILES string of the molecule is Cc1ccc2c(oc3ncccc32)c1N1C(c2ccccc2)OC(c2ccccc2)[C@@H]1C. The number of rotatable bonds is 3. The van der Waals surface area contributed by atoms with Crippen molar-refractivity contribution in [3.05, 3.63) is 108 Å². The monoisotopic (exact) mass is 420 g/mol. The molecule has 3 atom stereocenters. The molecule has 0 saturated carbocycles. The number of aryl methyl sites for hydroxylation is 1. The van der Waals surface area contributed by atoms with Crippen molar-refractivity contribution < 1.29 is 9.15 Å². The van der Waals surface area contributed by atoms with Crippen LogP contribution in [0.15, 0.2) is 95.5 Å². The van der Waals surface area contributed by atoms with Gasteiger partial charge < -0.3 is 14.1 Å². The first-order chi connectivity index (χ1) is 15.7. The maximum absolute atomic E-state index is 6.76. The number of anilines is 1. The van der Waals surface area contributed by atoms with E-state index >= 15 is 0 Å². The fraction of sp³-hybridized carbons (Fsp3) is 0.179. The van der Waals surface area contributed by atoms with Crippen LogP contribution >= 0.6 is 0 Å². The van der Waals surface area contributed by atoms with Crippen LogP contribution in [0.2, 0.25) is 0 Å². The van der Waals surface area contributed by atoms with Gasteiger partial charge in [0.1, 0.15) is 6.10 Å². The molecule has 1 fully saturated rings. The number of nitrogens with zero attached hydrogens (tertiary/aromatic N) is 2. The summed E-state index contributed by atoms with van der Waals surface area (Å²) in [4.78, 5) is 6.84. The van der Waals surface area contributed by atoms with Crippen molar-refractivity contribution in [1.29, 1.82) is 0 Å². The van der Waals surface area contributed by atoms with Gasteiger partial charge >= 0.3 is 0 Å². The molecule has 0 aliphatic carbocycles. The summed E-state index contributed by atoms with van der Waals surface area (Å²) in [7, 11) is 0. The fourth-order valence-electron chi connectivity index (χ4n) is 4.93. The zero-order valence-corrected chi connectivity index (χ0v) is 18.1. The third kappa shape index (κ3) is 2.91. The molecule has 32 heavy (non-hydrogen) atoms. The minimum absolute atomic E-state index is 0.0569. The van der Waals surface area contributed by atoms with Crippen LogP contribution in [0.5, 0.6) is 0 Å².